The Hall–Kier alpha value is -2.47. The van der Waals surface area contributed by atoms with E-state index in [4.69, 9.17) is 0 Å². The molecule has 2 amide bonds. The molecule has 0 radical (unpaired) electrons. The standard InChI is InChI=1S/C27H35N3O2S/c31-25(20-24-12-7-19-33-24)30(18-15-21-8-3-1-4-9-21)26(22-13-16-28-17-14-22)27(32)29-23-10-5-2-6-11-23/h7-8,12-14,16-17,19,23,26H,1-6,9-11,15,18,20H2,(H,29,32)/t26-/m1/s1. The quantitative estimate of drug-likeness (QED) is 0.491. The Morgan fingerprint density at radius 3 is 2.61 bits per heavy atom. The number of carbonyl (C=O) groups excluding carboxylic acids is 2. The van der Waals surface area contributed by atoms with E-state index in [1.165, 1.54) is 24.8 Å². The van der Waals surface area contributed by atoms with Gasteiger partial charge in [0.1, 0.15) is 6.04 Å². The van der Waals surface area contributed by atoms with Crippen molar-refractivity contribution < 1.29 is 9.59 Å². The van der Waals surface area contributed by atoms with Gasteiger partial charge in [-0.15, -0.1) is 11.3 Å². The van der Waals surface area contributed by atoms with Gasteiger partial charge in [-0.3, -0.25) is 14.6 Å². The molecule has 1 fully saturated rings. The minimum Gasteiger partial charge on any atom is -0.351 e. The van der Waals surface area contributed by atoms with Crippen LogP contribution in [0.3, 0.4) is 0 Å². The van der Waals surface area contributed by atoms with E-state index < -0.39 is 6.04 Å². The molecular weight excluding hydrogens is 430 g/mol. The average molecular weight is 466 g/mol. The molecule has 6 heteroatoms. The molecule has 0 aromatic carbocycles. The van der Waals surface area contributed by atoms with Crippen molar-refractivity contribution >= 4 is 23.2 Å². The second-order valence-corrected chi connectivity index (χ2v) is 10.3. The lowest BCUT2D eigenvalue weighted by atomic mass is 9.94. The number of amides is 2. The van der Waals surface area contributed by atoms with Crippen molar-refractivity contribution in [3.63, 3.8) is 0 Å². The lowest BCUT2D eigenvalue weighted by Gasteiger charge is -2.34. The van der Waals surface area contributed by atoms with Crippen LogP contribution in [0.4, 0.5) is 0 Å². The second-order valence-electron chi connectivity index (χ2n) is 9.23. The Balaban J connectivity index is 1.59. The molecule has 0 saturated heterocycles. The molecular formula is C27H35N3O2S. The number of nitrogens with one attached hydrogen (secondary N) is 1. The molecule has 33 heavy (non-hydrogen) atoms. The maximum Gasteiger partial charge on any atom is 0.247 e. The predicted molar refractivity (Wildman–Crippen MR) is 133 cm³/mol. The van der Waals surface area contributed by atoms with E-state index in [-0.39, 0.29) is 17.9 Å². The first-order valence-corrected chi connectivity index (χ1v) is 13.3. The molecule has 2 heterocycles. The van der Waals surface area contributed by atoms with Crippen LogP contribution in [-0.2, 0) is 16.0 Å². The normalized spacial score (nSPS) is 17.8. The van der Waals surface area contributed by atoms with Crippen molar-refractivity contribution in [2.75, 3.05) is 6.54 Å². The van der Waals surface area contributed by atoms with Gasteiger partial charge in [-0.05, 0) is 74.1 Å². The molecule has 1 N–H and O–H groups in total. The summed E-state index contributed by atoms with van der Waals surface area (Å²) >= 11 is 1.59. The zero-order valence-corrected chi connectivity index (χ0v) is 20.2. The number of carbonyl (C=O) groups is 2. The van der Waals surface area contributed by atoms with Crippen LogP contribution in [-0.4, -0.2) is 34.3 Å². The molecule has 1 atom stereocenters. The molecule has 0 aliphatic heterocycles. The lowest BCUT2D eigenvalue weighted by molar-refractivity contribution is -0.140. The SMILES string of the molecule is O=C(NC1CCCCC1)[C@@H](c1ccncc1)N(CCC1=CCCCC1)C(=O)Cc1cccs1. The molecule has 0 spiro atoms. The van der Waals surface area contributed by atoms with Crippen molar-refractivity contribution in [2.24, 2.45) is 0 Å². The van der Waals surface area contributed by atoms with Crippen LogP contribution < -0.4 is 5.32 Å². The Kier molecular flexibility index (Phi) is 8.70. The first-order chi connectivity index (χ1) is 16.2. The first-order valence-electron chi connectivity index (χ1n) is 12.4. The van der Waals surface area contributed by atoms with E-state index in [1.54, 1.807) is 23.7 Å². The predicted octanol–water partition coefficient (Wildman–Crippen LogP) is 5.59. The van der Waals surface area contributed by atoms with E-state index in [1.807, 2.05) is 34.5 Å². The van der Waals surface area contributed by atoms with Crippen LogP contribution >= 0.6 is 11.3 Å². The Morgan fingerprint density at radius 1 is 1.09 bits per heavy atom. The zero-order valence-electron chi connectivity index (χ0n) is 19.4. The van der Waals surface area contributed by atoms with Crippen LogP contribution in [0.2, 0.25) is 0 Å². The van der Waals surface area contributed by atoms with Crippen molar-refractivity contribution in [1.82, 2.24) is 15.2 Å². The maximum absolute atomic E-state index is 13.7. The number of hydrogen-bond donors (Lipinski definition) is 1. The molecule has 0 unspecified atom stereocenters. The third-order valence-electron chi connectivity index (χ3n) is 6.82. The van der Waals surface area contributed by atoms with E-state index in [9.17, 15) is 9.59 Å². The average Bonchev–Trinajstić information content (AvgIpc) is 3.36. The monoisotopic (exact) mass is 465 g/mol. The van der Waals surface area contributed by atoms with Crippen LogP contribution in [0.1, 0.15) is 80.7 Å². The van der Waals surface area contributed by atoms with Crippen LogP contribution in [0.15, 0.2) is 53.7 Å². The van der Waals surface area contributed by atoms with Crippen molar-refractivity contribution in [2.45, 2.75) is 82.7 Å². The van der Waals surface area contributed by atoms with E-state index in [0.717, 1.165) is 55.4 Å². The molecule has 2 aliphatic rings. The van der Waals surface area contributed by atoms with E-state index >= 15 is 0 Å². The molecule has 176 valence electrons. The fourth-order valence-electron chi connectivity index (χ4n) is 5.00. The Labute approximate surface area is 201 Å². The molecule has 1 saturated carbocycles. The third-order valence-corrected chi connectivity index (χ3v) is 7.69. The highest BCUT2D eigenvalue weighted by molar-refractivity contribution is 7.10. The van der Waals surface area contributed by atoms with Gasteiger partial charge in [0.2, 0.25) is 11.8 Å². The topological polar surface area (TPSA) is 62.3 Å². The maximum atomic E-state index is 13.7. The highest BCUT2D eigenvalue weighted by atomic mass is 32.1. The van der Waals surface area contributed by atoms with Gasteiger partial charge in [0.05, 0.1) is 6.42 Å². The summed E-state index contributed by atoms with van der Waals surface area (Å²) < 4.78 is 0. The summed E-state index contributed by atoms with van der Waals surface area (Å²) in [7, 11) is 0. The lowest BCUT2D eigenvalue weighted by Crippen LogP contribution is -2.47. The molecule has 2 aromatic heterocycles. The van der Waals surface area contributed by atoms with Crippen molar-refractivity contribution in [1.29, 1.82) is 0 Å². The van der Waals surface area contributed by atoms with Gasteiger partial charge in [-0.1, -0.05) is 37.0 Å². The number of pyridine rings is 1. The van der Waals surface area contributed by atoms with Crippen LogP contribution in [0, 0.1) is 0 Å². The van der Waals surface area contributed by atoms with Gasteiger partial charge in [0.15, 0.2) is 0 Å². The van der Waals surface area contributed by atoms with E-state index in [2.05, 4.69) is 16.4 Å². The van der Waals surface area contributed by atoms with Gasteiger partial charge in [0.25, 0.3) is 0 Å². The largest absolute Gasteiger partial charge is 0.351 e. The minimum atomic E-state index is -0.633. The van der Waals surface area contributed by atoms with Crippen molar-refractivity contribution in [3.05, 3.63) is 64.1 Å². The van der Waals surface area contributed by atoms with Gasteiger partial charge in [-0.25, -0.2) is 0 Å². The van der Waals surface area contributed by atoms with Crippen LogP contribution in [0.25, 0.3) is 0 Å². The summed E-state index contributed by atoms with van der Waals surface area (Å²) in [5.41, 5.74) is 2.24. The highest BCUT2D eigenvalue weighted by Gasteiger charge is 2.33. The van der Waals surface area contributed by atoms with E-state index in [0.29, 0.717) is 13.0 Å². The summed E-state index contributed by atoms with van der Waals surface area (Å²) in [6, 6.07) is 7.28. The summed E-state index contributed by atoms with van der Waals surface area (Å²) in [4.78, 5) is 34.3. The van der Waals surface area contributed by atoms with Gasteiger partial charge in [0, 0.05) is 29.9 Å². The number of allylic oxidation sites excluding steroid dienone is 1. The minimum absolute atomic E-state index is 0.00876. The van der Waals surface area contributed by atoms with Gasteiger partial charge in [-0.2, -0.15) is 0 Å². The first kappa shape index (κ1) is 23.7. The van der Waals surface area contributed by atoms with Crippen LogP contribution in [0.5, 0.6) is 0 Å². The third kappa shape index (κ3) is 6.76. The van der Waals surface area contributed by atoms with Gasteiger partial charge < -0.3 is 10.2 Å². The summed E-state index contributed by atoms with van der Waals surface area (Å²) in [5, 5.41) is 5.28. The molecule has 5 nitrogen and oxygen atoms in total. The Morgan fingerprint density at radius 2 is 1.91 bits per heavy atom. The fourth-order valence-corrected chi connectivity index (χ4v) is 5.70. The zero-order chi connectivity index (χ0) is 22.9. The highest BCUT2D eigenvalue weighted by Crippen LogP contribution is 2.27. The second kappa shape index (κ2) is 12.1. The molecule has 2 aromatic rings. The number of aromatic nitrogens is 1. The number of rotatable bonds is 9. The summed E-state index contributed by atoms with van der Waals surface area (Å²) in [6.45, 7) is 0.557. The smallest absolute Gasteiger partial charge is 0.247 e. The fraction of sp³-hybridized carbons (Fsp3) is 0.519. The van der Waals surface area contributed by atoms with Crippen molar-refractivity contribution in [3.8, 4) is 0 Å². The molecule has 2 aliphatic carbocycles. The number of hydrogen-bond acceptors (Lipinski definition) is 4. The summed E-state index contributed by atoms with van der Waals surface area (Å²) in [5.74, 6) is -0.0558. The Bertz CT molecular complexity index is 920. The van der Waals surface area contributed by atoms with Gasteiger partial charge >= 0.3 is 0 Å². The molecule has 0 bridgehead atoms. The molecule has 4 rings (SSSR count). The summed E-state index contributed by atoms with van der Waals surface area (Å²) in [6.07, 6.45) is 17.2. The number of nitrogens with zero attached hydrogens (tertiary/aromatic N) is 2. The number of thiophene rings is 1.